The molecule has 3 aliphatic heterocycles. The van der Waals surface area contributed by atoms with E-state index in [2.05, 4.69) is 15.5 Å². The summed E-state index contributed by atoms with van der Waals surface area (Å²) in [6, 6.07) is -0.655. The van der Waals surface area contributed by atoms with Crippen molar-refractivity contribution in [3.63, 3.8) is 0 Å². The van der Waals surface area contributed by atoms with Crippen LogP contribution in [0.5, 0.6) is 0 Å². The molecule has 6 rings (SSSR count). The zero-order chi connectivity index (χ0) is 33.3. The highest BCUT2D eigenvalue weighted by Crippen LogP contribution is 2.42. The number of carboxylic acids is 2. The molecule has 2 aliphatic carbocycles. The zero-order valence-corrected chi connectivity index (χ0v) is 25.6. The number of carbonyl (C=O) groups is 5. The SMILES string of the molecule is Nc1nc(/C(=N/OC2CCCC2)C(=O)N[C@@H]2C(=O)N3C(C(=O)O)=C(/C=C4\CCN(C5CC5)C4=O)CS[C@H]23)cs1.O=C(O)C(F)(F)F. The molecule has 2 saturated heterocycles. The second-order valence-corrected chi connectivity index (χ2v) is 13.0. The van der Waals surface area contributed by atoms with Crippen molar-refractivity contribution in [2.45, 2.75) is 74.7 Å². The third kappa shape index (κ3) is 7.14. The number of alkyl halides is 3. The van der Waals surface area contributed by atoms with Gasteiger partial charge in [0.1, 0.15) is 28.9 Å². The first-order valence-electron chi connectivity index (χ1n) is 14.2. The number of aliphatic carboxylic acids is 2. The first-order valence-corrected chi connectivity index (χ1v) is 16.2. The third-order valence-corrected chi connectivity index (χ3v) is 9.77. The number of hydrogen-bond acceptors (Lipinski definition) is 11. The number of thioether (sulfide) groups is 1. The molecule has 5 aliphatic rings. The molecule has 3 amide bonds. The molecule has 1 aromatic heterocycles. The molecule has 0 unspecified atom stereocenters. The number of halogens is 3. The molecule has 0 aromatic carbocycles. The van der Waals surface area contributed by atoms with E-state index >= 15 is 0 Å². The van der Waals surface area contributed by atoms with Gasteiger partial charge in [-0.25, -0.2) is 14.6 Å². The molecule has 4 fully saturated rings. The number of fused-ring (bicyclic) bond motifs is 1. The summed E-state index contributed by atoms with van der Waals surface area (Å²) >= 11 is 2.50. The highest BCUT2D eigenvalue weighted by atomic mass is 32.2. The molecule has 248 valence electrons. The molecular weight excluding hydrogens is 657 g/mol. The van der Waals surface area contributed by atoms with Crippen molar-refractivity contribution in [1.82, 2.24) is 20.1 Å². The van der Waals surface area contributed by atoms with E-state index in [0.717, 1.165) is 49.9 Å². The number of oxime groups is 1. The number of nitrogens with two attached hydrogens (primary N) is 1. The van der Waals surface area contributed by atoms with Crippen molar-refractivity contribution in [3.05, 3.63) is 34.0 Å². The van der Waals surface area contributed by atoms with Gasteiger partial charge in [0.2, 0.25) is 5.91 Å². The normalized spacial score (nSPS) is 24.4. The van der Waals surface area contributed by atoms with Gasteiger partial charge in [-0.3, -0.25) is 19.3 Å². The lowest BCUT2D eigenvalue weighted by Crippen LogP contribution is -2.71. The number of anilines is 1. The number of thiazole rings is 1. The highest BCUT2D eigenvalue weighted by Gasteiger charge is 2.54. The Bertz CT molecular complexity index is 1530. The van der Waals surface area contributed by atoms with Crippen LogP contribution < -0.4 is 11.1 Å². The topological polar surface area (TPSA) is 205 Å². The summed E-state index contributed by atoms with van der Waals surface area (Å²) in [5.74, 6) is -4.97. The molecule has 14 nitrogen and oxygen atoms in total. The van der Waals surface area contributed by atoms with Gasteiger partial charge >= 0.3 is 18.1 Å². The van der Waals surface area contributed by atoms with E-state index in [4.69, 9.17) is 20.5 Å². The number of nitrogen functional groups attached to an aromatic ring is 1. The molecule has 0 radical (unpaired) electrons. The summed E-state index contributed by atoms with van der Waals surface area (Å²) in [6.45, 7) is 0.635. The van der Waals surface area contributed by atoms with Gasteiger partial charge < -0.3 is 31.0 Å². The number of allylic oxidation sites excluding steroid dienone is 1. The Hall–Kier alpha value is -4.13. The standard InChI is InChI=1S/C25H28N6O6S2.C2HF3O2/c26-25-27-16(11-39-25)17(29-37-15-3-1-2-4-15)20(32)28-18-22(34)31-19(24(35)36)13(10-38-23(18)31)9-12-7-8-30(21(12)33)14-5-6-14;3-2(4,5)1(6)7/h9,11,14-15,18,23H,1-8,10H2,(H2,26,27)(H,28,32)(H,35,36);(H,6,7)/b12-9+,29-17-;/t18-,23-;/m1./s1. The molecule has 0 spiro atoms. The van der Waals surface area contributed by atoms with Crippen LogP contribution in [0.4, 0.5) is 18.3 Å². The summed E-state index contributed by atoms with van der Waals surface area (Å²) < 4.78 is 31.7. The summed E-state index contributed by atoms with van der Waals surface area (Å²) in [6.07, 6.45) is 2.78. The fourth-order valence-electron chi connectivity index (χ4n) is 5.40. The minimum atomic E-state index is -5.08. The van der Waals surface area contributed by atoms with E-state index in [0.29, 0.717) is 30.2 Å². The van der Waals surface area contributed by atoms with Gasteiger partial charge in [-0.1, -0.05) is 5.16 Å². The Morgan fingerprint density at radius 3 is 2.39 bits per heavy atom. The van der Waals surface area contributed by atoms with Crippen LogP contribution in [0.1, 0.15) is 50.6 Å². The Morgan fingerprint density at radius 2 is 1.83 bits per heavy atom. The van der Waals surface area contributed by atoms with Crippen LogP contribution in [0.3, 0.4) is 0 Å². The number of carboxylic acid groups (broad SMARTS) is 2. The van der Waals surface area contributed by atoms with E-state index in [-0.39, 0.29) is 40.0 Å². The summed E-state index contributed by atoms with van der Waals surface area (Å²) in [5.41, 5.74) is 6.77. The number of nitrogens with zero attached hydrogens (tertiary/aromatic N) is 4. The fourth-order valence-corrected chi connectivity index (χ4v) is 7.25. The summed E-state index contributed by atoms with van der Waals surface area (Å²) in [4.78, 5) is 73.1. The van der Waals surface area contributed by atoms with Crippen LogP contribution >= 0.6 is 23.1 Å². The van der Waals surface area contributed by atoms with Gasteiger partial charge in [0, 0.05) is 29.3 Å². The van der Waals surface area contributed by atoms with E-state index in [1.165, 1.54) is 16.7 Å². The van der Waals surface area contributed by atoms with E-state index in [1.54, 1.807) is 11.5 Å². The quantitative estimate of drug-likeness (QED) is 0.135. The second kappa shape index (κ2) is 13.3. The van der Waals surface area contributed by atoms with Crippen molar-refractivity contribution in [2.75, 3.05) is 18.0 Å². The van der Waals surface area contributed by atoms with Gasteiger partial charge in [-0.05, 0) is 56.6 Å². The Kier molecular flexibility index (Phi) is 9.62. The van der Waals surface area contributed by atoms with Crippen LogP contribution in [-0.2, 0) is 28.8 Å². The molecule has 2 atom stereocenters. The van der Waals surface area contributed by atoms with Gasteiger partial charge in [0.05, 0.1) is 0 Å². The monoisotopic (exact) mass is 686 g/mol. The van der Waals surface area contributed by atoms with Crippen molar-refractivity contribution in [2.24, 2.45) is 5.16 Å². The summed E-state index contributed by atoms with van der Waals surface area (Å²) in [5, 5.41) is 25.2. The molecule has 1 aromatic rings. The summed E-state index contributed by atoms with van der Waals surface area (Å²) in [7, 11) is 0. The van der Waals surface area contributed by atoms with E-state index < -0.39 is 41.3 Å². The lowest BCUT2D eigenvalue weighted by atomic mass is 10.0. The predicted molar refractivity (Wildman–Crippen MR) is 157 cm³/mol. The maximum atomic E-state index is 13.3. The number of carbonyl (C=O) groups excluding carboxylic acids is 3. The number of hydrogen-bond donors (Lipinski definition) is 4. The van der Waals surface area contributed by atoms with Crippen molar-refractivity contribution >= 4 is 63.6 Å². The number of likely N-dealkylation sites (tertiary alicyclic amines) is 1. The minimum absolute atomic E-state index is 0.0590. The maximum Gasteiger partial charge on any atom is 0.490 e. The van der Waals surface area contributed by atoms with Crippen LogP contribution in [-0.4, -0.2) is 102 Å². The number of rotatable bonds is 8. The molecule has 5 N–H and O–H groups in total. The molecule has 4 heterocycles. The lowest BCUT2D eigenvalue weighted by Gasteiger charge is -2.49. The molecule has 19 heteroatoms. The molecule has 0 bridgehead atoms. The Labute approximate surface area is 267 Å². The third-order valence-electron chi connectivity index (χ3n) is 7.80. The van der Waals surface area contributed by atoms with Gasteiger partial charge in [-0.15, -0.1) is 23.1 Å². The maximum absolute atomic E-state index is 13.3. The molecule has 2 saturated carbocycles. The van der Waals surface area contributed by atoms with Gasteiger partial charge in [0.25, 0.3) is 11.8 Å². The van der Waals surface area contributed by atoms with Crippen LogP contribution in [0, 0.1) is 0 Å². The van der Waals surface area contributed by atoms with Crippen LogP contribution in [0.25, 0.3) is 0 Å². The molecule has 46 heavy (non-hydrogen) atoms. The second-order valence-electron chi connectivity index (χ2n) is 11.0. The van der Waals surface area contributed by atoms with Crippen molar-refractivity contribution in [1.29, 1.82) is 0 Å². The number of amides is 3. The van der Waals surface area contributed by atoms with E-state index in [9.17, 15) is 37.5 Å². The first kappa shape index (κ1) is 33.2. The Morgan fingerprint density at radius 1 is 1.15 bits per heavy atom. The van der Waals surface area contributed by atoms with Gasteiger partial charge in [0.15, 0.2) is 10.8 Å². The average Bonchev–Trinajstić information content (AvgIpc) is 3.33. The minimum Gasteiger partial charge on any atom is -0.477 e. The largest absolute Gasteiger partial charge is 0.490 e. The van der Waals surface area contributed by atoms with Gasteiger partial charge in [-0.2, -0.15) is 13.2 Å². The van der Waals surface area contributed by atoms with Crippen LogP contribution in [0.15, 0.2) is 33.5 Å². The van der Waals surface area contributed by atoms with Crippen molar-refractivity contribution in [3.8, 4) is 0 Å². The average molecular weight is 687 g/mol. The van der Waals surface area contributed by atoms with E-state index in [1.807, 2.05) is 4.90 Å². The number of aromatic nitrogens is 1. The number of nitrogens with one attached hydrogen (secondary N) is 1. The fraction of sp³-hybridized carbons (Fsp3) is 0.519. The highest BCUT2D eigenvalue weighted by molar-refractivity contribution is 8.00. The van der Waals surface area contributed by atoms with Crippen molar-refractivity contribution < 1.29 is 52.2 Å². The lowest BCUT2D eigenvalue weighted by molar-refractivity contribution is -0.192. The predicted octanol–water partition coefficient (Wildman–Crippen LogP) is 2.08. The smallest absolute Gasteiger partial charge is 0.477 e. The first-order chi connectivity index (χ1) is 21.8. The van der Waals surface area contributed by atoms with Crippen LogP contribution in [0.2, 0.25) is 0 Å². The Balaban J connectivity index is 0.000000537. The molecular formula is C27H29F3N6O8S2. The zero-order valence-electron chi connectivity index (χ0n) is 24.0. The number of β-lactam (4-membered cyclic amide) rings is 1.